The molecule has 1 aliphatic rings. The zero-order chi connectivity index (χ0) is 30.7. The van der Waals surface area contributed by atoms with Gasteiger partial charge in [0.05, 0.1) is 13.2 Å². The highest BCUT2D eigenvalue weighted by Crippen LogP contribution is 2.24. The van der Waals surface area contributed by atoms with Crippen LogP contribution in [0.4, 0.5) is 10.1 Å². The maximum atomic E-state index is 14.5. The molecule has 1 aliphatic heterocycles. The minimum atomic E-state index is -1.88. The summed E-state index contributed by atoms with van der Waals surface area (Å²) in [5, 5.41) is 20.3. The van der Waals surface area contributed by atoms with Gasteiger partial charge < -0.3 is 35.6 Å². The number of morpholine rings is 1. The number of nitrogens with zero attached hydrogens (tertiary/aromatic N) is 3. The molecule has 1 aromatic rings. The predicted octanol–water partition coefficient (Wildman–Crippen LogP) is 0.783. The fourth-order valence-electron chi connectivity index (χ4n) is 3.37. The number of aliphatic hydroxyl groups is 1. The zero-order valence-corrected chi connectivity index (χ0v) is 23.4. The van der Waals surface area contributed by atoms with Crippen molar-refractivity contribution in [2.24, 2.45) is 5.73 Å². The van der Waals surface area contributed by atoms with E-state index in [1.165, 1.54) is 30.2 Å². The minimum absolute atomic E-state index is 0.0102. The molecule has 0 spiro atoms. The lowest BCUT2D eigenvalue weighted by atomic mass is 10.1. The van der Waals surface area contributed by atoms with Crippen LogP contribution in [-0.4, -0.2) is 97.4 Å². The van der Waals surface area contributed by atoms with Crippen LogP contribution in [0.15, 0.2) is 54.8 Å². The largest absolute Gasteiger partial charge is 0.384 e. The molecule has 1 heterocycles. The number of benzene rings is 1. The van der Waals surface area contributed by atoms with E-state index in [1.54, 1.807) is 27.9 Å². The van der Waals surface area contributed by atoms with Crippen LogP contribution in [0.2, 0.25) is 0 Å². The lowest BCUT2D eigenvalue weighted by Gasteiger charge is -2.34. The predicted molar refractivity (Wildman–Crippen MR) is 149 cm³/mol. The Morgan fingerprint density at radius 1 is 1.25 bits per heavy atom. The van der Waals surface area contributed by atoms with Crippen molar-refractivity contribution in [3.8, 4) is 0 Å². The summed E-state index contributed by atoms with van der Waals surface area (Å²) in [6.07, 6.45) is -0.477. The monoisotopic (exact) mass is 560 g/mol. The van der Waals surface area contributed by atoms with Crippen LogP contribution < -0.4 is 16.0 Å². The van der Waals surface area contributed by atoms with Crippen LogP contribution in [0.1, 0.15) is 24.2 Å². The standard InChI is InChI=1S/C25H33FN6O6.C2H4/c1-14(22(27)28)6-7-15(2)29-23(35)20(34)21-25(37)32(8-9-38-21)18-11-16(10-17(26)12-18)24(36)31(5)13-19(33)30(3)4;1-2/h6-7,10-12,20-21,34H,8-9,13H2,1-5H3,(H3,27,28)(H,29,35);1-2H2/b14-6+,15-7+;/t20-,21-;/m1./s1. The summed E-state index contributed by atoms with van der Waals surface area (Å²) in [5.74, 6) is -3.59. The van der Waals surface area contributed by atoms with Gasteiger partial charge in [-0.3, -0.25) is 24.6 Å². The smallest absolute Gasteiger partial charge is 0.259 e. The van der Waals surface area contributed by atoms with Crippen LogP contribution in [-0.2, 0) is 19.1 Å². The van der Waals surface area contributed by atoms with E-state index in [4.69, 9.17) is 15.9 Å². The van der Waals surface area contributed by atoms with E-state index in [2.05, 4.69) is 18.5 Å². The highest BCUT2D eigenvalue weighted by Gasteiger charge is 2.39. The minimum Gasteiger partial charge on any atom is -0.384 e. The van der Waals surface area contributed by atoms with Crippen LogP contribution in [0.5, 0.6) is 0 Å². The van der Waals surface area contributed by atoms with Gasteiger partial charge in [-0.2, -0.15) is 0 Å². The first-order chi connectivity index (χ1) is 18.7. The number of aliphatic hydroxyl groups excluding tert-OH is 1. The molecule has 0 bridgehead atoms. The molecule has 0 radical (unpaired) electrons. The summed E-state index contributed by atoms with van der Waals surface area (Å²) in [6.45, 7) is 8.85. The summed E-state index contributed by atoms with van der Waals surface area (Å²) in [5.41, 5.74) is 6.10. The number of amidine groups is 1. The molecule has 1 saturated heterocycles. The molecule has 2 atom stereocenters. The van der Waals surface area contributed by atoms with Crippen molar-refractivity contribution in [3.63, 3.8) is 0 Å². The number of carbonyl (C=O) groups excluding carboxylic acids is 4. The van der Waals surface area contributed by atoms with Crippen molar-refractivity contribution in [3.05, 3.63) is 66.2 Å². The third kappa shape index (κ3) is 9.13. The fraction of sp³-hybridized carbons (Fsp3) is 0.370. The number of nitrogens with two attached hydrogens (primary N) is 1. The molecular formula is C27H37FN6O6. The van der Waals surface area contributed by atoms with Gasteiger partial charge in [-0.15, -0.1) is 13.2 Å². The van der Waals surface area contributed by atoms with E-state index < -0.39 is 35.7 Å². The number of carbonyl (C=O) groups is 4. The Bertz CT molecular complexity index is 1200. The first-order valence-electron chi connectivity index (χ1n) is 12.1. The zero-order valence-electron chi connectivity index (χ0n) is 23.4. The Morgan fingerprint density at radius 2 is 1.88 bits per heavy atom. The average molecular weight is 561 g/mol. The quantitative estimate of drug-likeness (QED) is 0.150. The SMILES string of the molecule is C/C(=C\C=C(/C)C(=N)N)NC(=O)[C@H](O)[C@H]1OCCN(c2cc(F)cc(C(=O)N(C)CC(=O)N(C)C)c2)C1=O.C=C. The number of hydrogen-bond acceptors (Lipinski definition) is 7. The summed E-state index contributed by atoms with van der Waals surface area (Å²) >= 11 is 0. The molecule has 13 heteroatoms. The number of allylic oxidation sites excluding steroid dienone is 3. The Kier molecular flexibility index (Phi) is 12.9. The third-order valence-corrected chi connectivity index (χ3v) is 5.66. The topological polar surface area (TPSA) is 169 Å². The van der Waals surface area contributed by atoms with Crippen LogP contribution >= 0.6 is 0 Å². The van der Waals surface area contributed by atoms with Gasteiger partial charge in [-0.1, -0.05) is 6.08 Å². The number of likely N-dealkylation sites (N-methyl/N-ethyl adjacent to an activating group) is 2. The van der Waals surface area contributed by atoms with Crippen LogP contribution in [0.3, 0.4) is 0 Å². The van der Waals surface area contributed by atoms with E-state index in [0.29, 0.717) is 11.3 Å². The molecule has 0 aromatic heterocycles. The second kappa shape index (κ2) is 15.3. The van der Waals surface area contributed by atoms with Crippen molar-refractivity contribution in [1.82, 2.24) is 15.1 Å². The van der Waals surface area contributed by atoms with E-state index in [0.717, 1.165) is 21.9 Å². The van der Waals surface area contributed by atoms with E-state index in [-0.39, 0.29) is 42.7 Å². The van der Waals surface area contributed by atoms with Gasteiger partial charge in [0.1, 0.15) is 11.7 Å². The molecule has 1 fully saturated rings. The number of nitrogens with one attached hydrogen (secondary N) is 2. The molecule has 1 aromatic carbocycles. The molecule has 0 saturated carbocycles. The lowest BCUT2D eigenvalue weighted by molar-refractivity contribution is -0.152. The highest BCUT2D eigenvalue weighted by atomic mass is 19.1. The molecule has 218 valence electrons. The van der Waals surface area contributed by atoms with Crippen molar-refractivity contribution in [2.75, 3.05) is 45.7 Å². The van der Waals surface area contributed by atoms with Gasteiger partial charge in [-0.25, -0.2) is 4.39 Å². The third-order valence-electron chi connectivity index (χ3n) is 5.66. The van der Waals surface area contributed by atoms with Crippen LogP contribution in [0.25, 0.3) is 0 Å². The van der Waals surface area contributed by atoms with Crippen molar-refractivity contribution < 1.29 is 33.4 Å². The van der Waals surface area contributed by atoms with Gasteiger partial charge >= 0.3 is 0 Å². The van der Waals surface area contributed by atoms with Crippen molar-refractivity contribution in [2.45, 2.75) is 26.1 Å². The first kappa shape index (κ1) is 33.7. The molecule has 40 heavy (non-hydrogen) atoms. The first-order valence-corrected chi connectivity index (χ1v) is 12.1. The second-order valence-corrected chi connectivity index (χ2v) is 8.98. The van der Waals surface area contributed by atoms with E-state index >= 15 is 0 Å². The Morgan fingerprint density at radius 3 is 2.45 bits per heavy atom. The Labute approximate surface area is 233 Å². The van der Waals surface area contributed by atoms with Crippen LogP contribution in [0, 0.1) is 11.2 Å². The van der Waals surface area contributed by atoms with Gasteiger partial charge in [-0.05, 0) is 43.7 Å². The summed E-state index contributed by atoms with van der Waals surface area (Å²) in [4.78, 5) is 54.0. The summed E-state index contributed by atoms with van der Waals surface area (Å²) < 4.78 is 19.8. The molecule has 4 amide bonds. The maximum absolute atomic E-state index is 14.5. The Balaban J connectivity index is 0.00000391. The number of halogens is 1. The van der Waals surface area contributed by atoms with Crippen molar-refractivity contribution in [1.29, 1.82) is 5.41 Å². The lowest BCUT2D eigenvalue weighted by Crippen LogP contribution is -2.56. The van der Waals surface area contributed by atoms with E-state index in [1.807, 2.05) is 0 Å². The molecule has 0 unspecified atom stereocenters. The Hall–Kier alpha value is -4.36. The summed E-state index contributed by atoms with van der Waals surface area (Å²) in [7, 11) is 4.48. The summed E-state index contributed by atoms with van der Waals surface area (Å²) in [6, 6.07) is 3.33. The van der Waals surface area contributed by atoms with Gasteiger partial charge in [0.2, 0.25) is 5.91 Å². The number of rotatable bonds is 9. The van der Waals surface area contributed by atoms with E-state index in [9.17, 15) is 28.7 Å². The molecule has 0 aliphatic carbocycles. The molecule has 12 nitrogen and oxygen atoms in total. The van der Waals surface area contributed by atoms with Crippen molar-refractivity contribution >= 4 is 35.2 Å². The van der Waals surface area contributed by atoms with Gasteiger partial charge in [0, 0.05) is 44.6 Å². The number of anilines is 1. The number of amides is 4. The molecular weight excluding hydrogens is 523 g/mol. The second-order valence-electron chi connectivity index (χ2n) is 8.98. The molecule has 2 rings (SSSR count). The fourth-order valence-corrected chi connectivity index (χ4v) is 3.37. The molecule has 5 N–H and O–H groups in total. The normalized spacial score (nSPS) is 16.3. The van der Waals surface area contributed by atoms with Gasteiger partial charge in [0.15, 0.2) is 12.2 Å². The highest BCUT2D eigenvalue weighted by molar-refractivity contribution is 6.03. The number of ether oxygens (including phenoxy) is 1. The van der Waals surface area contributed by atoms with Gasteiger partial charge in [0.25, 0.3) is 17.7 Å². The maximum Gasteiger partial charge on any atom is 0.259 e. The average Bonchev–Trinajstić information content (AvgIpc) is 2.91. The number of hydrogen-bond donors (Lipinski definition) is 4.